The first-order chi connectivity index (χ1) is 8.20. The van der Waals surface area contributed by atoms with Crippen molar-refractivity contribution in [2.24, 2.45) is 0 Å². The number of hydrogen-bond acceptors (Lipinski definition) is 1. The lowest BCUT2D eigenvalue weighted by Crippen LogP contribution is -2.22. The second-order valence-corrected chi connectivity index (χ2v) is 4.50. The summed E-state index contributed by atoms with van der Waals surface area (Å²) in [7, 11) is 0. The lowest BCUT2D eigenvalue weighted by molar-refractivity contribution is 0.540. The quantitative estimate of drug-likeness (QED) is 0.775. The first-order valence-corrected chi connectivity index (χ1v) is 6.46. The Morgan fingerprint density at radius 3 is 2.82 bits per heavy atom. The Morgan fingerprint density at radius 2 is 2.18 bits per heavy atom. The summed E-state index contributed by atoms with van der Waals surface area (Å²) in [5, 5.41) is 4.36. The Kier molecular flexibility index (Phi) is 6.11. The summed E-state index contributed by atoms with van der Waals surface area (Å²) in [4.78, 5) is 0. The molecule has 0 bridgehead atoms. The van der Waals surface area contributed by atoms with Gasteiger partial charge in [-0.05, 0) is 44.0 Å². The average molecular weight is 250 g/mol. The number of benzene rings is 1. The van der Waals surface area contributed by atoms with Gasteiger partial charge in [-0.3, -0.25) is 0 Å². The highest BCUT2D eigenvalue weighted by atomic mass is 35.5. The van der Waals surface area contributed by atoms with E-state index in [4.69, 9.17) is 11.6 Å². The zero-order chi connectivity index (χ0) is 12.7. The average Bonchev–Trinajstić information content (AvgIpc) is 2.34. The molecule has 1 rings (SSSR count). The highest BCUT2D eigenvalue weighted by Crippen LogP contribution is 2.25. The van der Waals surface area contributed by atoms with Gasteiger partial charge in [-0.2, -0.15) is 0 Å². The van der Waals surface area contributed by atoms with Crippen LogP contribution in [0.15, 0.2) is 18.2 Å². The molecule has 0 aliphatic carbocycles. The van der Waals surface area contributed by atoms with Gasteiger partial charge in [0.05, 0.1) is 0 Å². The number of rotatable bonds is 5. The predicted octanol–water partition coefficient (Wildman–Crippen LogP) is 4.10. The van der Waals surface area contributed by atoms with Crippen molar-refractivity contribution < 1.29 is 0 Å². The maximum atomic E-state index is 6.16. The minimum Gasteiger partial charge on any atom is -0.309 e. The summed E-state index contributed by atoms with van der Waals surface area (Å²) in [6.45, 7) is 7.11. The van der Waals surface area contributed by atoms with E-state index < -0.39 is 0 Å². The van der Waals surface area contributed by atoms with Gasteiger partial charge in [-0.1, -0.05) is 30.7 Å². The van der Waals surface area contributed by atoms with Crippen molar-refractivity contribution in [2.45, 2.75) is 39.7 Å². The van der Waals surface area contributed by atoms with Crippen molar-refractivity contribution in [3.63, 3.8) is 0 Å². The van der Waals surface area contributed by atoms with E-state index in [1.165, 1.54) is 5.56 Å². The molecule has 0 heterocycles. The third-order valence-electron chi connectivity index (χ3n) is 2.81. The van der Waals surface area contributed by atoms with Gasteiger partial charge < -0.3 is 5.32 Å². The molecule has 0 radical (unpaired) electrons. The van der Waals surface area contributed by atoms with Crippen LogP contribution in [0.25, 0.3) is 0 Å². The molecule has 0 aromatic heterocycles. The fraction of sp³-hybridized carbons (Fsp3) is 0.467. The molecular weight excluding hydrogens is 230 g/mol. The molecule has 1 nitrogen and oxygen atoms in total. The maximum Gasteiger partial charge on any atom is 0.0438 e. The smallest absolute Gasteiger partial charge is 0.0438 e. The highest BCUT2D eigenvalue weighted by molar-refractivity contribution is 6.31. The molecule has 0 saturated heterocycles. The Labute approximate surface area is 110 Å². The molecule has 0 saturated carbocycles. The van der Waals surface area contributed by atoms with E-state index in [1.54, 1.807) is 0 Å². The van der Waals surface area contributed by atoms with Crippen molar-refractivity contribution in [1.82, 2.24) is 5.32 Å². The van der Waals surface area contributed by atoms with E-state index in [0.717, 1.165) is 30.0 Å². The topological polar surface area (TPSA) is 12.0 Å². The Balaban J connectivity index is 2.93. The first kappa shape index (κ1) is 14.1. The molecular formula is C15H20ClN. The third kappa shape index (κ3) is 4.07. The summed E-state index contributed by atoms with van der Waals surface area (Å²) in [6.07, 6.45) is 1.95. The van der Waals surface area contributed by atoms with E-state index >= 15 is 0 Å². The molecule has 92 valence electrons. The minimum absolute atomic E-state index is 0.279. The number of halogens is 1. The van der Waals surface area contributed by atoms with Gasteiger partial charge >= 0.3 is 0 Å². The molecule has 1 N–H and O–H groups in total. The van der Waals surface area contributed by atoms with Crippen LogP contribution in [0.2, 0.25) is 5.02 Å². The molecule has 0 aliphatic rings. The SMILES string of the molecule is CC#CCC(NCCC)c1cccc(Cl)c1C. The summed E-state index contributed by atoms with van der Waals surface area (Å²) in [5.41, 5.74) is 2.41. The van der Waals surface area contributed by atoms with Gasteiger partial charge in [0, 0.05) is 17.5 Å². The van der Waals surface area contributed by atoms with Crippen LogP contribution in [0.5, 0.6) is 0 Å². The molecule has 1 atom stereocenters. The first-order valence-electron chi connectivity index (χ1n) is 6.08. The third-order valence-corrected chi connectivity index (χ3v) is 3.22. The Bertz CT molecular complexity index is 415. The van der Waals surface area contributed by atoms with Crippen molar-refractivity contribution in [3.05, 3.63) is 34.3 Å². The second kappa shape index (κ2) is 7.37. The molecule has 1 aromatic rings. The number of nitrogens with one attached hydrogen (secondary N) is 1. The van der Waals surface area contributed by atoms with Gasteiger partial charge in [0.2, 0.25) is 0 Å². The fourth-order valence-corrected chi connectivity index (χ4v) is 2.00. The minimum atomic E-state index is 0.279. The van der Waals surface area contributed by atoms with Crippen LogP contribution in [0.3, 0.4) is 0 Å². The molecule has 0 amide bonds. The van der Waals surface area contributed by atoms with Crippen LogP contribution in [0.4, 0.5) is 0 Å². The van der Waals surface area contributed by atoms with Crippen LogP contribution >= 0.6 is 11.6 Å². The van der Waals surface area contributed by atoms with Crippen LogP contribution in [0, 0.1) is 18.8 Å². The predicted molar refractivity (Wildman–Crippen MR) is 75.3 cm³/mol. The lowest BCUT2D eigenvalue weighted by Gasteiger charge is -2.19. The van der Waals surface area contributed by atoms with Gasteiger partial charge in [0.15, 0.2) is 0 Å². The standard InChI is InChI=1S/C15H20ClN/c1-4-6-10-15(17-11-5-2)13-8-7-9-14(16)12(13)3/h7-9,15,17H,5,10-11H2,1-3H3. The zero-order valence-corrected chi connectivity index (χ0v) is 11.6. The van der Waals surface area contributed by atoms with E-state index in [9.17, 15) is 0 Å². The van der Waals surface area contributed by atoms with Crippen molar-refractivity contribution in [1.29, 1.82) is 0 Å². The van der Waals surface area contributed by atoms with Crippen LogP contribution < -0.4 is 5.32 Å². The van der Waals surface area contributed by atoms with Crippen molar-refractivity contribution in [2.75, 3.05) is 6.54 Å². The highest BCUT2D eigenvalue weighted by Gasteiger charge is 2.13. The number of hydrogen-bond donors (Lipinski definition) is 1. The summed E-state index contributed by atoms with van der Waals surface area (Å²) >= 11 is 6.16. The monoisotopic (exact) mass is 249 g/mol. The van der Waals surface area contributed by atoms with Crippen molar-refractivity contribution in [3.8, 4) is 11.8 Å². The molecule has 0 fully saturated rings. The molecule has 1 aromatic carbocycles. The molecule has 0 spiro atoms. The van der Waals surface area contributed by atoms with E-state index in [0.29, 0.717) is 0 Å². The van der Waals surface area contributed by atoms with Crippen LogP contribution in [-0.4, -0.2) is 6.54 Å². The summed E-state index contributed by atoms with van der Waals surface area (Å²) in [6, 6.07) is 6.35. The summed E-state index contributed by atoms with van der Waals surface area (Å²) in [5.74, 6) is 6.10. The van der Waals surface area contributed by atoms with E-state index in [2.05, 4.69) is 37.1 Å². The van der Waals surface area contributed by atoms with E-state index in [-0.39, 0.29) is 6.04 Å². The molecule has 0 aliphatic heterocycles. The van der Waals surface area contributed by atoms with Crippen LogP contribution in [0.1, 0.15) is 43.9 Å². The Hall–Kier alpha value is -0.970. The van der Waals surface area contributed by atoms with Crippen LogP contribution in [-0.2, 0) is 0 Å². The molecule has 1 unspecified atom stereocenters. The van der Waals surface area contributed by atoms with Gasteiger partial charge in [0.25, 0.3) is 0 Å². The summed E-state index contributed by atoms with van der Waals surface area (Å²) < 4.78 is 0. The van der Waals surface area contributed by atoms with Crippen molar-refractivity contribution >= 4 is 11.6 Å². The lowest BCUT2D eigenvalue weighted by atomic mass is 9.98. The Morgan fingerprint density at radius 1 is 1.41 bits per heavy atom. The molecule has 2 heteroatoms. The normalized spacial score (nSPS) is 11.8. The second-order valence-electron chi connectivity index (χ2n) is 4.09. The van der Waals surface area contributed by atoms with Gasteiger partial charge in [0.1, 0.15) is 0 Å². The van der Waals surface area contributed by atoms with E-state index in [1.807, 2.05) is 19.1 Å². The largest absolute Gasteiger partial charge is 0.309 e. The zero-order valence-electron chi connectivity index (χ0n) is 10.8. The van der Waals surface area contributed by atoms with Gasteiger partial charge in [-0.15, -0.1) is 11.8 Å². The van der Waals surface area contributed by atoms with Gasteiger partial charge in [-0.25, -0.2) is 0 Å². The maximum absolute atomic E-state index is 6.16. The molecule has 17 heavy (non-hydrogen) atoms. The fourth-order valence-electron chi connectivity index (χ4n) is 1.82.